The summed E-state index contributed by atoms with van der Waals surface area (Å²) in [5, 5.41) is 9.40. The van der Waals surface area contributed by atoms with Crippen LogP contribution in [0, 0.1) is 11.3 Å². The summed E-state index contributed by atoms with van der Waals surface area (Å²) in [6, 6.07) is 7.84. The number of amides is 2. The van der Waals surface area contributed by atoms with Crippen molar-refractivity contribution >= 4 is 23.3 Å². The fraction of sp³-hybridized carbons (Fsp3) is 0.381. The molecule has 30 heavy (non-hydrogen) atoms. The van der Waals surface area contributed by atoms with Gasteiger partial charge in [-0.15, -0.1) is 0 Å². The van der Waals surface area contributed by atoms with Crippen LogP contribution in [0.2, 0.25) is 5.15 Å². The topological polar surface area (TPSA) is 60.2 Å². The van der Waals surface area contributed by atoms with Crippen LogP contribution in [0.15, 0.2) is 36.5 Å². The Morgan fingerprint density at radius 3 is 2.53 bits per heavy atom. The molecule has 2 fully saturated rings. The molecule has 0 bridgehead atoms. The first-order chi connectivity index (χ1) is 14.3. The van der Waals surface area contributed by atoms with E-state index in [2.05, 4.69) is 4.98 Å². The molecule has 5 nitrogen and oxygen atoms in total. The minimum absolute atomic E-state index is 0.0908. The number of pyridine rings is 1. The van der Waals surface area contributed by atoms with Crippen molar-refractivity contribution in [1.82, 2.24) is 9.88 Å². The van der Waals surface area contributed by atoms with Crippen molar-refractivity contribution in [1.29, 1.82) is 5.26 Å². The second kappa shape index (κ2) is 7.80. The fourth-order valence-corrected chi connectivity index (χ4v) is 4.49. The number of nitriles is 1. The van der Waals surface area contributed by atoms with Gasteiger partial charge < -0.3 is 4.90 Å². The van der Waals surface area contributed by atoms with Crippen molar-refractivity contribution in [3.8, 4) is 6.07 Å². The van der Waals surface area contributed by atoms with Crippen LogP contribution in [0.1, 0.15) is 42.4 Å². The summed E-state index contributed by atoms with van der Waals surface area (Å²) in [5.74, 6) is 0. The van der Waals surface area contributed by atoms with Crippen molar-refractivity contribution < 1.29 is 18.0 Å². The summed E-state index contributed by atoms with van der Waals surface area (Å²) < 4.78 is 40.3. The van der Waals surface area contributed by atoms with Crippen molar-refractivity contribution in [2.75, 3.05) is 4.90 Å². The van der Waals surface area contributed by atoms with E-state index in [1.165, 1.54) is 11.0 Å². The number of urea groups is 1. The van der Waals surface area contributed by atoms with Crippen LogP contribution in [0.3, 0.4) is 0 Å². The van der Waals surface area contributed by atoms with Gasteiger partial charge in [0, 0.05) is 18.4 Å². The molecule has 1 aromatic heterocycles. The highest BCUT2D eigenvalue weighted by Crippen LogP contribution is 2.40. The maximum absolute atomic E-state index is 13.4. The highest BCUT2D eigenvalue weighted by molar-refractivity contribution is 6.29. The van der Waals surface area contributed by atoms with Crippen LogP contribution in [-0.2, 0) is 12.7 Å². The quantitative estimate of drug-likeness (QED) is 0.609. The third kappa shape index (κ3) is 3.70. The third-order valence-electron chi connectivity index (χ3n) is 5.73. The molecule has 2 atom stereocenters. The number of aromatic nitrogens is 1. The van der Waals surface area contributed by atoms with Gasteiger partial charge in [0.25, 0.3) is 0 Å². The van der Waals surface area contributed by atoms with Gasteiger partial charge in [-0.25, -0.2) is 9.78 Å². The van der Waals surface area contributed by atoms with Crippen molar-refractivity contribution in [2.45, 2.75) is 50.5 Å². The molecule has 1 aliphatic carbocycles. The first-order valence-corrected chi connectivity index (χ1v) is 9.99. The maximum Gasteiger partial charge on any atom is 0.417 e. The Bertz CT molecular complexity index is 1000. The Labute approximate surface area is 176 Å². The Morgan fingerprint density at radius 1 is 1.17 bits per heavy atom. The molecule has 0 unspecified atom stereocenters. The summed E-state index contributed by atoms with van der Waals surface area (Å²) >= 11 is 5.83. The molecule has 2 aromatic rings. The number of halogens is 4. The molecule has 9 heteroatoms. The molecule has 1 saturated heterocycles. The monoisotopic (exact) mass is 434 g/mol. The lowest BCUT2D eigenvalue weighted by Gasteiger charge is -2.32. The molecule has 1 saturated carbocycles. The molecular formula is C21H18ClF3N4O. The van der Waals surface area contributed by atoms with Gasteiger partial charge in [-0.2, -0.15) is 18.4 Å². The Morgan fingerprint density at radius 2 is 1.90 bits per heavy atom. The zero-order valence-corrected chi connectivity index (χ0v) is 16.6. The second-order valence-corrected chi connectivity index (χ2v) is 7.92. The highest BCUT2D eigenvalue weighted by atomic mass is 35.5. The number of hydrogen-bond acceptors (Lipinski definition) is 3. The number of fused-ring (bicyclic) bond motifs is 1. The molecule has 0 spiro atoms. The lowest BCUT2D eigenvalue weighted by Crippen LogP contribution is -2.39. The summed E-state index contributed by atoms with van der Waals surface area (Å²) in [4.78, 5) is 20.5. The summed E-state index contributed by atoms with van der Waals surface area (Å²) in [5.41, 5.74) is -0.514. The Hall–Kier alpha value is -2.79. The largest absolute Gasteiger partial charge is 0.417 e. The number of nitrogens with zero attached hydrogens (tertiary/aromatic N) is 4. The van der Waals surface area contributed by atoms with E-state index in [1.54, 1.807) is 29.3 Å². The first kappa shape index (κ1) is 20.5. The Balaban J connectivity index is 1.70. The lowest BCUT2D eigenvalue weighted by molar-refractivity contribution is -0.137. The van der Waals surface area contributed by atoms with Crippen molar-refractivity contribution in [3.05, 3.63) is 58.4 Å². The molecule has 0 radical (unpaired) electrons. The smallest absolute Gasteiger partial charge is 0.315 e. The van der Waals surface area contributed by atoms with Crippen LogP contribution in [-0.4, -0.2) is 28.0 Å². The van der Waals surface area contributed by atoms with Gasteiger partial charge in [0.1, 0.15) is 5.15 Å². The molecule has 1 aliphatic heterocycles. The maximum atomic E-state index is 13.4. The minimum atomic E-state index is -4.68. The van der Waals surface area contributed by atoms with Gasteiger partial charge in [0.2, 0.25) is 0 Å². The highest BCUT2D eigenvalue weighted by Gasteiger charge is 2.47. The summed E-state index contributed by atoms with van der Waals surface area (Å²) in [6.07, 6.45) is 0.288. The summed E-state index contributed by atoms with van der Waals surface area (Å²) in [6.45, 7) is 0.309. The molecule has 156 valence electrons. The van der Waals surface area contributed by atoms with E-state index in [0.29, 0.717) is 18.1 Å². The van der Waals surface area contributed by atoms with E-state index < -0.39 is 17.3 Å². The third-order valence-corrected chi connectivity index (χ3v) is 5.95. The lowest BCUT2D eigenvalue weighted by atomic mass is 9.89. The first-order valence-electron chi connectivity index (χ1n) is 9.61. The number of carbonyl (C=O) groups is 1. The average Bonchev–Trinajstić information content (AvgIpc) is 3.00. The van der Waals surface area contributed by atoms with E-state index in [0.717, 1.165) is 37.0 Å². The molecule has 4 rings (SSSR count). The Kier molecular flexibility index (Phi) is 5.33. The van der Waals surface area contributed by atoms with Gasteiger partial charge in [-0.05, 0) is 42.7 Å². The molecule has 2 aliphatic rings. The minimum Gasteiger partial charge on any atom is -0.315 e. The van der Waals surface area contributed by atoms with Gasteiger partial charge >= 0.3 is 12.2 Å². The van der Waals surface area contributed by atoms with Gasteiger partial charge in [-0.3, -0.25) is 4.90 Å². The van der Waals surface area contributed by atoms with E-state index >= 15 is 0 Å². The number of carbonyl (C=O) groups excluding carboxylic acids is 1. The zero-order chi connectivity index (χ0) is 21.5. The van der Waals surface area contributed by atoms with Crippen LogP contribution < -0.4 is 4.90 Å². The van der Waals surface area contributed by atoms with E-state index in [9.17, 15) is 18.0 Å². The molecule has 1 aromatic carbocycles. The molecule has 2 amide bonds. The van der Waals surface area contributed by atoms with Gasteiger partial charge in [0.05, 0.1) is 29.3 Å². The number of anilines is 1. The predicted octanol–water partition coefficient (Wildman–Crippen LogP) is 5.38. The van der Waals surface area contributed by atoms with E-state index in [-0.39, 0.29) is 23.8 Å². The molecule has 0 N–H and O–H groups in total. The number of benzene rings is 1. The number of alkyl halides is 3. The van der Waals surface area contributed by atoms with Crippen LogP contribution >= 0.6 is 11.6 Å². The van der Waals surface area contributed by atoms with Crippen molar-refractivity contribution in [2.24, 2.45) is 0 Å². The van der Waals surface area contributed by atoms with Crippen molar-refractivity contribution in [3.63, 3.8) is 0 Å². The normalized spacial score (nSPS) is 21.5. The zero-order valence-electron chi connectivity index (χ0n) is 15.9. The second-order valence-electron chi connectivity index (χ2n) is 7.53. The van der Waals surface area contributed by atoms with Crippen LogP contribution in [0.25, 0.3) is 0 Å². The van der Waals surface area contributed by atoms with Gasteiger partial charge in [-0.1, -0.05) is 30.5 Å². The SMILES string of the molecule is N#Cc1ccc(N2C(=O)N(Cc3ccc(Cl)nc3)[C@H]3CCCC[C@@H]32)cc1C(F)(F)F. The van der Waals surface area contributed by atoms with E-state index in [4.69, 9.17) is 16.9 Å². The summed E-state index contributed by atoms with van der Waals surface area (Å²) in [7, 11) is 0. The number of hydrogen-bond donors (Lipinski definition) is 0. The molecule has 2 heterocycles. The molecular weight excluding hydrogens is 417 g/mol. The van der Waals surface area contributed by atoms with Crippen LogP contribution in [0.5, 0.6) is 0 Å². The standard InChI is InChI=1S/C21H18ClF3N4O/c22-19-8-5-13(11-27-19)12-28-17-3-1-2-4-18(17)29(20(28)30)15-7-6-14(10-26)16(9-15)21(23,24)25/h5-9,11,17-18H,1-4,12H2/t17-,18-/m0/s1. The average molecular weight is 435 g/mol. The van der Waals surface area contributed by atoms with Gasteiger partial charge in [0.15, 0.2) is 0 Å². The fourth-order valence-electron chi connectivity index (χ4n) is 4.38. The van der Waals surface area contributed by atoms with Crippen LogP contribution in [0.4, 0.5) is 23.7 Å². The predicted molar refractivity (Wildman–Crippen MR) is 105 cm³/mol. The van der Waals surface area contributed by atoms with E-state index in [1.807, 2.05) is 0 Å². The number of rotatable bonds is 3.